The summed E-state index contributed by atoms with van der Waals surface area (Å²) in [6.45, 7) is 2.54. The topological polar surface area (TPSA) is 98.3 Å². The number of nitrogens with one attached hydrogen (secondary N) is 1. The summed E-state index contributed by atoms with van der Waals surface area (Å²) in [7, 11) is 0. The number of benzene rings is 1. The van der Waals surface area contributed by atoms with Crippen molar-refractivity contribution in [3.05, 3.63) is 34.4 Å². The Bertz CT molecular complexity index is 471. The quantitative estimate of drug-likeness (QED) is 0.406. The SMILES string of the molecule is CCCCC(CN)NC(=O)CSc1ccc([N+](=O)[O-])cc1.Cl. The summed E-state index contributed by atoms with van der Waals surface area (Å²) in [5.74, 6) is 0.213. The number of halogens is 1. The maximum Gasteiger partial charge on any atom is 0.269 e. The summed E-state index contributed by atoms with van der Waals surface area (Å²) in [5, 5.41) is 13.5. The number of hydrogen-bond acceptors (Lipinski definition) is 5. The molecule has 1 rings (SSSR count). The average Bonchev–Trinajstić information content (AvgIpc) is 2.49. The molecule has 0 fully saturated rings. The first kappa shape index (κ1) is 20.7. The van der Waals surface area contributed by atoms with Crippen LogP contribution in [-0.2, 0) is 4.79 Å². The highest BCUT2D eigenvalue weighted by Gasteiger charge is 2.11. The molecule has 0 heterocycles. The number of rotatable bonds is 9. The van der Waals surface area contributed by atoms with Crippen LogP contribution in [0.1, 0.15) is 26.2 Å². The number of thioether (sulfide) groups is 1. The van der Waals surface area contributed by atoms with Gasteiger partial charge in [0.25, 0.3) is 5.69 Å². The Kier molecular flexibility index (Phi) is 10.6. The number of hydrogen-bond donors (Lipinski definition) is 2. The van der Waals surface area contributed by atoms with Crippen molar-refractivity contribution in [2.75, 3.05) is 12.3 Å². The molecule has 0 radical (unpaired) electrons. The molecule has 22 heavy (non-hydrogen) atoms. The number of carbonyl (C=O) groups excluding carboxylic acids is 1. The van der Waals surface area contributed by atoms with Gasteiger partial charge in [0.05, 0.1) is 10.7 Å². The second-order valence-corrected chi connectivity index (χ2v) is 5.73. The summed E-state index contributed by atoms with van der Waals surface area (Å²) >= 11 is 1.35. The average molecular weight is 348 g/mol. The number of unbranched alkanes of at least 4 members (excludes halogenated alkanes) is 1. The Morgan fingerprint density at radius 3 is 2.55 bits per heavy atom. The number of nitrogens with two attached hydrogens (primary N) is 1. The molecule has 0 saturated carbocycles. The first-order chi connectivity index (χ1) is 10.1. The minimum Gasteiger partial charge on any atom is -0.351 e. The Labute approximate surface area is 140 Å². The lowest BCUT2D eigenvalue weighted by atomic mass is 10.1. The Balaban J connectivity index is 0.00000441. The zero-order valence-corrected chi connectivity index (χ0v) is 14.1. The van der Waals surface area contributed by atoms with E-state index in [-0.39, 0.29) is 35.8 Å². The lowest BCUT2D eigenvalue weighted by molar-refractivity contribution is -0.384. The van der Waals surface area contributed by atoms with E-state index in [9.17, 15) is 14.9 Å². The van der Waals surface area contributed by atoms with E-state index in [2.05, 4.69) is 12.2 Å². The Morgan fingerprint density at radius 1 is 1.41 bits per heavy atom. The molecular formula is C14H22ClN3O3S. The second kappa shape index (κ2) is 11.3. The van der Waals surface area contributed by atoms with Crippen molar-refractivity contribution >= 4 is 35.8 Å². The van der Waals surface area contributed by atoms with Crippen LogP contribution in [0.15, 0.2) is 29.2 Å². The van der Waals surface area contributed by atoms with Crippen molar-refractivity contribution in [3.63, 3.8) is 0 Å². The summed E-state index contributed by atoms with van der Waals surface area (Å²) in [5.41, 5.74) is 5.68. The van der Waals surface area contributed by atoms with Crippen molar-refractivity contribution in [1.29, 1.82) is 0 Å². The standard InChI is InChI=1S/C14H21N3O3S.ClH/c1-2-3-4-11(9-15)16-14(18)10-21-13-7-5-12(6-8-13)17(19)20;/h5-8,11H,2-4,9-10,15H2,1H3,(H,16,18);1H. The Hall–Kier alpha value is -1.31. The normalized spacial score (nSPS) is 11.4. The molecular weight excluding hydrogens is 326 g/mol. The Morgan fingerprint density at radius 2 is 2.05 bits per heavy atom. The molecule has 1 unspecified atom stereocenters. The monoisotopic (exact) mass is 347 g/mol. The van der Waals surface area contributed by atoms with E-state index in [1.165, 1.54) is 23.9 Å². The van der Waals surface area contributed by atoms with Gasteiger partial charge in [0.2, 0.25) is 5.91 Å². The largest absolute Gasteiger partial charge is 0.351 e. The van der Waals surface area contributed by atoms with Gasteiger partial charge in [-0.25, -0.2) is 0 Å². The highest BCUT2D eigenvalue weighted by Crippen LogP contribution is 2.21. The fourth-order valence-corrected chi connectivity index (χ4v) is 2.49. The second-order valence-electron chi connectivity index (χ2n) is 4.68. The summed E-state index contributed by atoms with van der Waals surface area (Å²) in [6, 6.07) is 6.19. The third-order valence-electron chi connectivity index (χ3n) is 2.97. The third kappa shape index (κ3) is 7.63. The van der Waals surface area contributed by atoms with Crippen LogP contribution in [0, 0.1) is 10.1 Å². The third-order valence-corrected chi connectivity index (χ3v) is 3.99. The van der Waals surface area contributed by atoms with E-state index in [0.29, 0.717) is 6.54 Å². The predicted molar refractivity (Wildman–Crippen MR) is 91.6 cm³/mol. The van der Waals surface area contributed by atoms with Crippen molar-refractivity contribution in [2.45, 2.75) is 37.1 Å². The number of nitro groups is 1. The van der Waals surface area contributed by atoms with Crippen molar-refractivity contribution in [1.82, 2.24) is 5.32 Å². The molecule has 3 N–H and O–H groups in total. The zero-order chi connectivity index (χ0) is 15.7. The summed E-state index contributed by atoms with van der Waals surface area (Å²) in [6.07, 6.45) is 3.00. The van der Waals surface area contributed by atoms with Crippen LogP contribution in [0.25, 0.3) is 0 Å². The van der Waals surface area contributed by atoms with Crippen LogP contribution in [0.3, 0.4) is 0 Å². The van der Waals surface area contributed by atoms with Crippen LogP contribution in [0.2, 0.25) is 0 Å². The van der Waals surface area contributed by atoms with Crippen LogP contribution >= 0.6 is 24.2 Å². The molecule has 1 aromatic carbocycles. The summed E-state index contributed by atoms with van der Waals surface area (Å²) < 4.78 is 0. The number of nitrogens with zero attached hydrogens (tertiary/aromatic N) is 1. The van der Waals surface area contributed by atoms with E-state index in [0.717, 1.165) is 24.2 Å². The zero-order valence-electron chi connectivity index (χ0n) is 12.5. The van der Waals surface area contributed by atoms with Crippen molar-refractivity contribution in [3.8, 4) is 0 Å². The van der Waals surface area contributed by atoms with Crippen LogP contribution in [-0.4, -0.2) is 29.2 Å². The minimum absolute atomic E-state index is 0. The van der Waals surface area contributed by atoms with Gasteiger partial charge in [0, 0.05) is 29.6 Å². The van der Waals surface area contributed by atoms with Crippen LogP contribution < -0.4 is 11.1 Å². The smallest absolute Gasteiger partial charge is 0.269 e. The molecule has 1 aromatic rings. The minimum atomic E-state index is -0.444. The fourth-order valence-electron chi connectivity index (χ4n) is 1.78. The predicted octanol–water partition coefficient (Wildman–Crippen LogP) is 2.74. The van der Waals surface area contributed by atoms with Gasteiger partial charge in [-0.15, -0.1) is 24.2 Å². The van der Waals surface area contributed by atoms with E-state index in [4.69, 9.17) is 5.73 Å². The van der Waals surface area contributed by atoms with Crippen molar-refractivity contribution in [2.24, 2.45) is 5.73 Å². The van der Waals surface area contributed by atoms with Gasteiger partial charge in [-0.3, -0.25) is 14.9 Å². The number of amides is 1. The molecule has 0 saturated heterocycles. The molecule has 1 atom stereocenters. The molecule has 1 amide bonds. The fraction of sp³-hybridized carbons (Fsp3) is 0.500. The first-order valence-electron chi connectivity index (χ1n) is 6.93. The highest BCUT2D eigenvalue weighted by molar-refractivity contribution is 8.00. The molecule has 124 valence electrons. The van der Waals surface area contributed by atoms with Gasteiger partial charge in [-0.05, 0) is 18.6 Å². The lowest BCUT2D eigenvalue weighted by Gasteiger charge is -2.16. The van der Waals surface area contributed by atoms with Gasteiger partial charge in [0.1, 0.15) is 0 Å². The van der Waals surface area contributed by atoms with Gasteiger partial charge in [-0.1, -0.05) is 19.8 Å². The number of carbonyl (C=O) groups is 1. The van der Waals surface area contributed by atoms with Gasteiger partial charge in [0.15, 0.2) is 0 Å². The molecule has 0 aromatic heterocycles. The molecule has 0 aliphatic rings. The molecule has 8 heteroatoms. The van der Waals surface area contributed by atoms with Gasteiger partial charge in [-0.2, -0.15) is 0 Å². The van der Waals surface area contributed by atoms with Gasteiger partial charge >= 0.3 is 0 Å². The molecule has 0 bridgehead atoms. The van der Waals surface area contributed by atoms with Gasteiger partial charge < -0.3 is 11.1 Å². The maximum absolute atomic E-state index is 11.8. The lowest BCUT2D eigenvalue weighted by Crippen LogP contribution is -2.41. The summed E-state index contributed by atoms with van der Waals surface area (Å²) in [4.78, 5) is 22.8. The van der Waals surface area contributed by atoms with Crippen molar-refractivity contribution < 1.29 is 9.72 Å². The first-order valence-corrected chi connectivity index (χ1v) is 7.92. The van der Waals surface area contributed by atoms with E-state index in [1.807, 2.05) is 0 Å². The molecule has 6 nitrogen and oxygen atoms in total. The highest BCUT2D eigenvalue weighted by atomic mass is 35.5. The van der Waals surface area contributed by atoms with Crippen LogP contribution in [0.4, 0.5) is 5.69 Å². The van der Waals surface area contributed by atoms with E-state index >= 15 is 0 Å². The van der Waals surface area contributed by atoms with E-state index in [1.54, 1.807) is 12.1 Å². The number of non-ortho nitro benzene ring substituents is 1. The molecule has 0 spiro atoms. The molecule has 0 aliphatic heterocycles. The van der Waals surface area contributed by atoms with Crippen LogP contribution in [0.5, 0.6) is 0 Å². The molecule has 0 aliphatic carbocycles. The van der Waals surface area contributed by atoms with E-state index < -0.39 is 4.92 Å². The number of nitro benzene ring substituents is 1. The maximum atomic E-state index is 11.8.